The van der Waals surface area contributed by atoms with Crippen molar-refractivity contribution in [2.75, 3.05) is 9.80 Å². The van der Waals surface area contributed by atoms with E-state index in [1.807, 2.05) is 113 Å². The summed E-state index contributed by atoms with van der Waals surface area (Å²) in [4.78, 5) is 13.8. The summed E-state index contributed by atoms with van der Waals surface area (Å²) in [6.07, 6.45) is 5.81. The molecule has 0 saturated carbocycles. The molecule has 0 fully saturated rings. The van der Waals surface area contributed by atoms with E-state index < -0.39 is 0 Å². The van der Waals surface area contributed by atoms with E-state index in [0.717, 1.165) is 72.2 Å². The van der Waals surface area contributed by atoms with E-state index in [1.54, 1.807) is 6.20 Å². The Hall–Kier alpha value is -6.83. The summed E-state index contributed by atoms with van der Waals surface area (Å²) in [5.74, 6) is 2.37. The Bertz CT molecular complexity index is 3310. The van der Waals surface area contributed by atoms with E-state index in [1.165, 1.54) is 0 Å². The van der Waals surface area contributed by atoms with Gasteiger partial charge in [-0.15, -0.1) is 42.7 Å². The van der Waals surface area contributed by atoms with Crippen LogP contribution in [0.2, 0.25) is 0 Å². The van der Waals surface area contributed by atoms with Crippen LogP contribution in [0.4, 0.5) is 11.4 Å². The first kappa shape index (κ1) is 31.7. The largest absolute Gasteiger partial charge is 0.509 e. The monoisotopic (exact) mass is 892 g/mol. The summed E-state index contributed by atoms with van der Waals surface area (Å²) in [6, 6.07) is 49.5. The van der Waals surface area contributed by atoms with Gasteiger partial charge >= 0.3 is 0 Å². The second-order valence-electron chi connectivity index (χ2n) is 13.2. The first-order chi connectivity index (χ1) is 26.7. The normalized spacial score (nSPS) is 13.1. The molecule has 0 saturated heterocycles. The van der Waals surface area contributed by atoms with Crippen molar-refractivity contribution in [1.82, 2.24) is 18.9 Å². The van der Waals surface area contributed by atoms with Crippen LogP contribution in [-0.2, 0) is 21.1 Å². The number of rotatable bonds is 5. The second-order valence-corrected chi connectivity index (χ2v) is 13.2. The molecule has 11 aromatic rings. The molecule has 0 atom stereocenters. The molecule has 266 valence electrons. The van der Waals surface area contributed by atoms with Gasteiger partial charge in [0.2, 0.25) is 5.78 Å². The molecule has 1 aliphatic rings. The molecule has 0 unspecified atom stereocenters. The molecule has 9 nitrogen and oxygen atoms in total. The maximum atomic E-state index is 6.79. The van der Waals surface area contributed by atoms with Crippen LogP contribution in [-0.4, -0.2) is 18.9 Å². The molecule has 12 rings (SSSR count). The Labute approximate surface area is 327 Å². The van der Waals surface area contributed by atoms with Gasteiger partial charge in [-0.25, -0.2) is 9.97 Å². The van der Waals surface area contributed by atoms with Crippen LogP contribution in [0.5, 0.6) is 11.5 Å². The number of hydrogen-bond donors (Lipinski definition) is 0. The maximum Gasteiger partial charge on any atom is 0.208 e. The Morgan fingerprint density at radius 1 is 0.636 bits per heavy atom. The number of para-hydroxylation sites is 4. The summed E-state index contributed by atoms with van der Waals surface area (Å²) in [5, 5.41) is 3.81. The summed E-state index contributed by atoms with van der Waals surface area (Å²) < 4.78 is 24.1. The summed E-state index contributed by atoms with van der Waals surface area (Å²) in [7, 11) is 0. The van der Waals surface area contributed by atoms with Crippen molar-refractivity contribution in [3.63, 3.8) is 0 Å². The topological polar surface area (TPSA) is 77.1 Å². The van der Waals surface area contributed by atoms with E-state index in [-0.39, 0.29) is 21.1 Å². The van der Waals surface area contributed by atoms with Crippen LogP contribution in [0, 0.1) is 18.8 Å². The molecule has 0 amide bonds. The van der Waals surface area contributed by atoms with Gasteiger partial charge in [0.25, 0.3) is 0 Å². The fourth-order valence-electron chi connectivity index (χ4n) is 7.66. The molecule has 1 aliphatic heterocycles. The molecule has 0 spiro atoms. The van der Waals surface area contributed by atoms with E-state index in [0.29, 0.717) is 28.2 Å². The fourth-order valence-corrected chi connectivity index (χ4v) is 7.66. The third kappa shape index (κ3) is 4.76. The predicted octanol–water partition coefficient (Wildman–Crippen LogP) is 10.9. The van der Waals surface area contributed by atoms with Crippen molar-refractivity contribution in [2.24, 2.45) is 0 Å². The number of fused-ring (bicyclic) bond motifs is 12. The minimum Gasteiger partial charge on any atom is -0.509 e. The number of benzene rings is 6. The summed E-state index contributed by atoms with van der Waals surface area (Å²) in [5.41, 5.74) is 8.12. The Morgan fingerprint density at radius 3 is 2.31 bits per heavy atom. The molecule has 55 heavy (non-hydrogen) atoms. The zero-order valence-corrected chi connectivity index (χ0v) is 30.9. The molecule has 5 aromatic heterocycles. The van der Waals surface area contributed by atoms with Gasteiger partial charge in [0.1, 0.15) is 11.4 Å². The molecular weight excluding hydrogens is 868 g/mol. The van der Waals surface area contributed by atoms with E-state index in [9.17, 15) is 0 Å². The molecular formula is C45H25N6O3Pt-3. The number of anilines is 2. The van der Waals surface area contributed by atoms with Crippen LogP contribution in [0.3, 0.4) is 0 Å². The third-order valence-electron chi connectivity index (χ3n) is 10.1. The Kier molecular flexibility index (Phi) is 6.97. The number of imidazole rings is 2. The number of furan rings is 2. The standard InChI is InChI=1S/C45H25N6O3.Pt/c1-2-10-28(11-3-1)48-22-23-49(27-48)29-24-34-33-19-18-32-31-12-4-7-15-39(31)53-43(32)44(33)54-42(34)40(25-29)52-30-17-20-37-38(26-30)51(41-16-8-9-21-46-41)45-47-35-13-5-6-14-36(35)50(37)45;/h1-24,27H;/q-3;. The average Bonchev–Trinajstić information content (AvgIpc) is 4.05. The van der Waals surface area contributed by atoms with Gasteiger partial charge in [-0.1, -0.05) is 66.0 Å². The number of hydrogen-bond acceptors (Lipinski definition) is 7. The van der Waals surface area contributed by atoms with Gasteiger partial charge < -0.3 is 27.8 Å². The number of ether oxygens (including phenoxy) is 1. The van der Waals surface area contributed by atoms with E-state index >= 15 is 0 Å². The average molecular weight is 893 g/mol. The van der Waals surface area contributed by atoms with Gasteiger partial charge in [-0.2, -0.15) is 0 Å². The van der Waals surface area contributed by atoms with Crippen LogP contribution >= 0.6 is 0 Å². The Balaban J connectivity index is 0.00000352. The minimum absolute atomic E-state index is 0. The molecule has 0 N–H and O–H groups in total. The van der Waals surface area contributed by atoms with Crippen LogP contribution < -0.4 is 14.5 Å². The zero-order valence-electron chi connectivity index (χ0n) is 28.7. The van der Waals surface area contributed by atoms with Crippen molar-refractivity contribution in [2.45, 2.75) is 0 Å². The molecule has 6 aromatic carbocycles. The van der Waals surface area contributed by atoms with E-state index in [2.05, 4.69) is 63.9 Å². The van der Waals surface area contributed by atoms with Gasteiger partial charge in [-0.05, 0) is 72.0 Å². The van der Waals surface area contributed by atoms with Crippen molar-refractivity contribution in [1.29, 1.82) is 0 Å². The number of aromatic nitrogens is 4. The molecule has 0 radical (unpaired) electrons. The predicted molar refractivity (Wildman–Crippen MR) is 211 cm³/mol. The van der Waals surface area contributed by atoms with Gasteiger partial charge in [0.05, 0.1) is 22.4 Å². The van der Waals surface area contributed by atoms with Crippen molar-refractivity contribution >= 4 is 83.1 Å². The zero-order chi connectivity index (χ0) is 35.3. The first-order valence-corrected chi connectivity index (χ1v) is 17.6. The SMILES string of the molecule is [Pt].[c-]1c(N2C=CN(c3ccccc3)[CH-]2)cc2c(oc3c2ccc2c4ccccc4oc23)c1Oc1[c-]c2c(cc1)n1c3ccccc3nc1n2-c1ccccn1. The quantitative estimate of drug-likeness (QED) is 0.159. The van der Waals surface area contributed by atoms with Crippen LogP contribution in [0.15, 0.2) is 155 Å². The smallest absolute Gasteiger partial charge is 0.208 e. The second kappa shape index (κ2) is 12.1. The van der Waals surface area contributed by atoms with Crippen molar-refractivity contribution in [3.05, 3.63) is 165 Å². The summed E-state index contributed by atoms with van der Waals surface area (Å²) in [6.45, 7) is 2.02. The van der Waals surface area contributed by atoms with Crippen LogP contribution in [0.25, 0.3) is 77.5 Å². The van der Waals surface area contributed by atoms with Crippen molar-refractivity contribution < 1.29 is 34.6 Å². The number of nitrogens with zero attached hydrogens (tertiary/aromatic N) is 6. The molecule has 6 heterocycles. The fraction of sp³-hybridized carbons (Fsp3) is 0. The van der Waals surface area contributed by atoms with Crippen molar-refractivity contribution in [3.8, 4) is 17.3 Å². The first-order valence-electron chi connectivity index (χ1n) is 17.6. The number of pyridine rings is 1. The van der Waals surface area contributed by atoms with Crippen LogP contribution in [0.1, 0.15) is 0 Å². The maximum absolute atomic E-state index is 6.79. The van der Waals surface area contributed by atoms with E-state index in [4.69, 9.17) is 23.5 Å². The molecule has 0 aliphatic carbocycles. The Morgan fingerprint density at radius 2 is 1.42 bits per heavy atom. The molecule has 10 heteroatoms. The van der Waals surface area contributed by atoms with Gasteiger partial charge in [0.15, 0.2) is 11.2 Å². The van der Waals surface area contributed by atoms with Gasteiger partial charge in [-0.3, -0.25) is 4.57 Å². The third-order valence-corrected chi connectivity index (χ3v) is 10.1. The minimum atomic E-state index is 0. The molecule has 0 bridgehead atoms. The summed E-state index contributed by atoms with van der Waals surface area (Å²) >= 11 is 0. The van der Waals surface area contributed by atoms with Gasteiger partial charge in [0, 0.05) is 54.9 Å².